The molecule has 1 nitrogen and oxygen atoms in total. The van der Waals surface area contributed by atoms with Gasteiger partial charge in [0.25, 0.3) is 0 Å². The van der Waals surface area contributed by atoms with Gasteiger partial charge in [-0.3, -0.25) is 0 Å². The molecule has 0 aromatic carbocycles. The van der Waals surface area contributed by atoms with E-state index in [0.29, 0.717) is 11.8 Å². The lowest BCUT2D eigenvalue weighted by molar-refractivity contribution is 0.497. The van der Waals surface area contributed by atoms with Crippen LogP contribution in [0.5, 0.6) is 0 Å². The molecular weight excluding hydrogens is 160 g/mol. The van der Waals surface area contributed by atoms with Crippen molar-refractivity contribution in [1.29, 1.82) is 0 Å². The molecule has 0 bridgehead atoms. The van der Waals surface area contributed by atoms with Crippen molar-refractivity contribution in [2.24, 2.45) is 0 Å². The fourth-order valence-corrected chi connectivity index (χ4v) is 1.29. The molecule has 1 heterocycles. The largest absolute Gasteiger partial charge is 0.468 e. The second kappa shape index (κ2) is 4.31. The Labute approximate surface area is 80.5 Å². The van der Waals surface area contributed by atoms with Crippen molar-refractivity contribution in [2.45, 2.75) is 39.5 Å². The van der Waals surface area contributed by atoms with Gasteiger partial charge in [-0.2, -0.15) is 0 Å². The number of furan rings is 1. The molecule has 1 aromatic rings. The minimum Gasteiger partial charge on any atom is -0.468 e. The Balaban J connectivity index is 2.79. The van der Waals surface area contributed by atoms with Gasteiger partial charge >= 0.3 is 0 Å². The van der Waals surface area contributed by atoms with Crippen LogP contribution in [0.25, 0.3) is 0 Å². The van der Waals surface area contributed by atoms with Crippen LogP contribution in [0.3, 0.4) is 0 Å². The Hall–Kier alpha value is -0.980. The third kappa shape index (κ3) is 2.48. The van der Waals surface area contributed by atoms with Crippen LogP contribution < -0.4 is 0 Å². The molecule has 1 atom stereocenters. The lowest BCUT2D eigenvalue weighted by atomic mass is 10.0. The van der Waals surface area contributed by atoms with E-state index in [-0.39, 0.29) is 0 Å². The zero-order valence-electron chi connectivity index (χ0n) is 8.87. The van der Waals surface area contributed by atoms with E-state index in [1.165, 1.54) is 5.56 Å². The highest BCUT2D eigenvalue weighted by Gasteiger charge is 2.08. The molecular formula is C12H18O. The molecule has 0 spiro atoms. The van der Waals surface area contributed by atoms with Crippen molar-refractivity contribution < 1.29 is 4.42 Å². The van der Waals surface area contributed by atoms with Gasteiger partial charge in [-0.15, -0.1) is 0 Å². The van der Waals surface area contributed by atoms with Gasteiger partial charge in [0.1, 0.15) is 5.76 Å². The zero-order valence-corrected chi connectivity index (χ0v) is 8.87. The highest BCUT2D eigenvalue weighted by molar-refractivity contribution is 5.21. The fraction of sp³-hybridized carbons (Fsp3) is 0.500. The first-order chi connectivity index (χ1) is 6.15. The van der Waals surface area contributed by atoms with Crippen molar-refractivity contribution in [2.75, 3.05) is 0 Å². The summed E-state index contributed by atoms with van der Waals surface area (Å²) in [7, 11) is 0. The van der Waals surface area contributed by atoms with Gasteiger partial charge in [-0.25, -0.2) is 0 Å². The highest BCUT2D eigenvalue weighted by Crippen LogP contribution is 2.23. The summed E-state index contributed by atoms with van der Waals surface area (Å²) in [6.45, 7) is 8.52. The zero-order chi connectivity index (χ0) is 9.84. The monoisotopic (exact) mass is 178 g/mol. The molecule has 0 saturated heterocycles. The van der Waals surface area contributed by atoms with Crippen molar-refractivity contribution in [1.82, 2.24) is 0 Å². The minimum atomic E-state index is 0.387. The van der Waals surface area contributed by atoms with Gasteiger partial charge in [-0.1, -0.05) is 32.9 Å². The predicted molar refractivity (Wildman–Crippen MR) is 56.0 cm³/mol. The van der Waals surface area contributed by atoms with Gasteiger partial charge in [0.2, 0.25) is 0 Å². The second-order valence-electron chi connectivity index (χ2n) is 3.75. The quantitative estimate of drug-likeness (QED) is 0.635. The molecule has 13 heavy (non-hydrogen) atoms. The molecule has 0 amide bonds. The van der Waals surface area contributed by atoms with Crippen LogP contribution in [0.1, 0.15) is 50.9 Å². The molecule has 1 unspecified atom stereocenters. The van der Waals surface area contributed by atoms with E-state index in [0.717, 1.165) is 5.76 Å². The summed E-state index contributed by atoms with van der Waals surface area (Å²) < 4.78 is 5.49. The van der Waals surface area contributed by atoms with Gasteiger partial charge in [0.15, 0.2) is 0 Å². The topological polar surface area (TPSA) is 13.1 Å². The molecule has 1 rings (SSSR count). The summed E-state index contributed by atoms with van der Waals surface area (Å²) in [5.41, 5.74) is 1.28. The standard InChI is InChI=1S/C12H18O/c1-5-6-10(4)12-7-11(8-13-12)9(2)3/h5-10H,1-4H3/b6-5+. The summed E-state index contributed by atoms with van der Waals surface area (Å²) in [6, 6.07) is 2.15. The summed E-state index contributed by atoms with van der Waals surface area (Å²) in [5, 5.41) is 0. The summed E-state index contributed by atoms with van der Waals surface area (Å²) in [6.07, 6.45) is 6.06. The molecule has 0 fully saturated rings. The van der Waals surface area contributed by atoms with Crippen molar-refractivity contribution in [3.63, 3.8) is 0 Å². The van der Waals surface area contributed by atoms with E-state index in [4.69, 9.17) is 4.42 Å². The van der Waals surface area contributed by atoms with Crippen LogP contribution >= 0.6 is 0 Å². The average molecular weight is 178 g/mol. The molecule has 0 aliphatic carbocycles. The van der Waals surface area contributed by atoms with Crippen LogP contribution in [0.4, 0.5) is 0 Å². The van der Waals surface area contributed by atoms with Crippen molar-refractivity contribution in [3.8, 4) is 0 Å². The predicted octanol–water partition coefficient (Wildman–Crippen LogP) is 4.08. The van der Waals surface area contributed by atoms with Crippen LogP contribution in [0, 0.1) is 0 Å². The molecule has 1 heteroatoms. The van der Waals surface area contributed by atoms with Crippen LogP contribution in [0.2, 0.25) is 0 Å². The molecule has 0 saturated carbocycles. The van der Waals surface area contributed by atoms with E-state index >= 15 is 0 Å². The average Bonchev–Trinajstić information content (AvgIpc) is 2.52. The molecule has 72 valence electrons. The number of hydrogen-bond acceptors (Lipinski definition) is 1. The summed E-state index contributed by atoms with van der Waals surface area (Å²) in [5.74, 6) is 2.00. The Kier molecular flexibility index (Phi) is 3.35. The molecule has 0 radical (unpaired) electrons. The number of allylic oxidation sites excluding steroid dienone is 2. The van der Waals surface area contributed by atoms with Crippen LogP contribution in [-0.4, -0.2) is 0 Å². The van der Waals surface area contributed by atoms with Gasteiger partial charge in [0, 0.05) is 5.92 Å². The van der Waals surface area contributed by atoms with Crippen LogP contribution in [0.15, 0.2) is 28.9 Å². The lowest BCUT2D eigenvalue weighted by Gasteiger charge is -2.00. The first-order valence-electron chi connectivity index (χ1n) is 4.86. The van der Waals surface area contributed by atoms with Crippen molar-refractivity contribution in [3.05, 3.63) is 35.8 Å². The van der Waals surface area contributed by atoms with E-state index in [9.17, 15) is 0 Å². The Morgan fingerprint density at radius 2 is 2.00 bits per heavy atom. The molecule has 1 aromatic heterocycles. The highest BCUT2D eigenvalue weighted by atomic mass is 16.3. The Bertz CT molecular complexity index is 281. The fourth-order valence-electron chi connectivity index (χ4n) is 1.29. The lowest BCUT2D eigenvalue weighted by Crippen LogP contribution is -1.85. The first kappa shape index (κ1) is 10.1. The van der Waals surface area contributed by atoms with Gasteiger partial charge in [-0.05, 0) is 24.5 Å². The Morgan fingerprint density at radius 1 is 1.31 bits per heavy atom. The van der Waals surface area contributed by atoms with Crippen LogP contribution in [-0.2, 0) is 0 Å². The summed E-state index contributed by atoms with van der Waals surface area (Å²) >= 11 is 0. The minimum absolute atomic E-state index is 0.387. The van der Waals surface area contributed by atoms with E-state index in [1.807, 2.05) is 13.2 Å². The smallest absolute Gasteiger partial charge is 0.110 e. The Morgan fingerprint density at radius 3 is 2.46 bits per heavy atom. The molecule has 0 aliphatic rings. The molecule has 0 N–H and O–H groups in total. The number of rotatable bonds is 3. The SMILES string of the molecule is C/C=C/C(C)c1cc(C(C)C)co1. The van der Waals surface area contributed by atoms with E-state index < -0.39 is 0 Å². The van der Waals surface area contributed by atoms with Crippen molar-refractivity contribution >= 4 is 0 Å². The maximum Gasteiger partial charge on any atom is 0.110 e. The molecule has 0 aliphatic heterocycles. The van der Waals surface area contributed by atoms with Gasteiger partial charge < -0.3 is 4.42 Å². The summed E-state index contributed by atoms with van der Waals surface area (Å²) in [4.78, 5) is 0. The first-order valence-corrected chi connectivity index (χ1v) is 4.86. The maximum atomic E-state index is 5.49. The van der Waals surface area contributed by atoms with E-state index in [1.54, 1.807) is 0 Å². The second-order valence-corrected chi connectivity index (χ2v) is 3.75. The third-order valence-corrected chi connectivity index (χ3v) is 2.24. The maximum absolute atomic E-state index is 5.49. The van der Waals surface area contributed by atoms with E-state index in [2.05, 4.69) is 39.0 Å². The third-order valence-electron chi connectivity index (χ3n) is 2.24. The van der Waals surface area contributed by atoms with Gasteiger partial charge in [0.05, 0.1) is 6.26 Å². The number of hydrogen-bond donors (Lipinski definition) is 0. The normalized spacial score (nSPS) is 14.2.